The Kier molecular flexibility index (Phi) is 3.89. The van der Waals surface area contributed by atoms with Crippen LogP contribution in [0.3, 0.4) is 0 Å². The molecule has 1 N–H and O–H groups in total. The summed E-state index contributed by atoms with van der Waals surface area (Å²) in [4.78, 5) is 12.8. The van der Waals surface area contributed by atoms with E-state index in [0.717, 1.165) is 60.4 Å². The third-order valence-corrected chi connectivity index (χ3v) is 5.48. The number of benzene rings is 1. The fourth-order valence-corrected chi connectivity index (χ4v) is 4.11. The van der Waals surface area contributed by atoms with Crippen LogP contribution in [0.1, 0.15) is 34.5 Å². The quantitative estimate of drug-likeness (QED) is 0.768. The Morgan fingerprint density at radius 3 is 2.81 bits per heavy atom. The Morgan fingerprint density at radius 1 is 1.11 bits per heavy atom. The fourth-order valence-electron chi connectivity index (χ4n) is 4.11. The van der Waals surface area contributed by atoms with Crippen molar-refractivity contribution in [2.24, 2.45) is 0 Å². The molecule has 7 heteroatoms. The molecule has 138 valence electrons. The van der Waals surface area contributed by atoms with Gasteiger partial charge >= 0.3 is 0 Å². The van der Waals surface area contributed by atoms with E-state index in [1.54, 1.807) is 18.3 Å². The van der Waals surface area contributed by atoms with Gasteiger partial charge in [-0.25, -0.2) is 13.8 Å². The molecule has 2 aliphatic rings. The predicted molar refractivity (Wildman–Crippen MR) is 98.6 cm³/mol. The Hall–Kier alpha value is -2.80. The molecule has 2 aromatic heterocycles. The van der Waals surface area contributed by atoms with Gasteiger partial charge < -0.3 is 5.32 Å². The van der Waals surface area contributed by atoms with Gasteiger partial charge in [-0.1, -0.05) is 0 Å². The van der Waals surface area contributed by atoms with Crippen LogP contribution in [-0.2, 0) is 32.4 Å². The summed E-state index contributed by atoms with van der Waals surface area (Å²) in [5.41, 5.74) is 5.92. The summed E-state index contributed by atoms with van der Waals surface area (Å²) in [5.74, 6) is -0.262. The van der Waals surface area contributed by atoms with Crippen LogP contribution >= 0.6 is 0 Å². The van der Waals surface area contributed by atoms with E-state index in [4.69, 9.17) is 5.10 Å². The average molecular weight is 365 g/mol. The second-order valence-electron chi connectivity index (χ2n) is 7.15. The number of fused-ring (bicyclic) bond motifs is 2. The van der Waals surface area contributed by atoms with Gasteiger partial charge in [-0.15, -0.1) is 0 Å². The standard InChI is InChI=1S/C20H20FN5O/c21-14-4-6-15(7-5-14)26-19-3-1-2-17(19)18(24-26)12-25-20(27)16-8-9-22-10-13(16)11-23-25/h4-7,11,22H,1-3,8-10,12H2. The van der Waals surface area contributed by atoms with Crippen molar-refractivity contribution >= 4 is 0 Å². The van der Waals surface area contributed by atoms with Gasteiger partial charge in [0.2, 0.25) is 0 Å². The van der Waals surface area contributed by atoms with Crippen molar-refractivity contribution < 1.29 is 4.39 Å². The van der Waals surface area contributed by atoms with Crippen LogP contribution in [0.2, 0.25) is 0 Å². The molecule has 0 atom stereocenters. The summed E-state index contributed by atoms with van der Waals surface area (Å²) in [7, 11) is 0. The van der Waals surface area contributed by atoms with Gasteiger partial charge in [0, 0.05) is 17.8 Å². The van der Waals surface area contributed by atoms with Crippen LogP contribution in [0.5, 0.6) is 0 Å². The van der Waals surface area contributed by atoms with Crippen molar-refractivity contribution in [2.45, 2.75) is 38.8 Å². The molecule has 1 aliphatic heterocycles. The van der Waals surface area contributed by atoms with Crippen molar-refractivity contribution in [3.8, 4) is 5.69 Å². The monoisotopic (exact) mass is 365 g/mol. The Bertz CT molecular complexity index is 1070. The summed E-state index contributed by atoms with van der Waals surface area (Å²) in [5, 5.41) is 12.4. The van der Waals surface area contributed by atoms with Crippen molar-refractivity contribution in [2.75, 3.05) is 6.54 Å². The molecule has 27 heavy (non-hydrogen) atoms. The average Bonchev–Trinajstić information content (AvgIpc) is 3.29. The van der Waals surface area contributed by atoms with E-state index < -0.39 is 0 Å². The van der Waals surface area contributed by atoms with Crippen LogP contribution in [0, 0.1) is 5.82 Å². The lowest BCUT2D eigenvalue weighted by atomic mass is 10.1. The number of hydrogen-bond donors (Lipinski definition) is 1. The molecule has 0 saturated carbocycles. The van der Waals surface area contributed by atoms with E-state index in [2.05, 4.69) is 10.4 Å². The van der Waals surface area contributed by atoms with Gasteiger partial charge in [-0.3, -0.25) is 4.79 Å². The number of nitrogens with one attached hydrogen (secondary N) is 1. The SMILES string of the molecule is O=c1c2c(cnn1Cc1nn(-c3ccc(F)cc3)c3c1CCC3)CNCC2. The first-order valence-electron chi connectivity index (χ1n) is 9.35. The molecule has 0 spiro atoms. The lowest BCUT2D eigenvalue weighted by Gasteiger charge is -2.16. The highest BCUT2D eigenvalue weighted by Gasteiger charge is 2.24. The fraction of sp³-hybridized carbons (Fsp3) is 0.350. The zero-order chi connectivity index (χ0) is 18.4. The minimum Gasteiger partial charge on any atom is -0.312 e. The van der Waals surface area contributed by atoms with Crippen LogP contribution < -0.4 is 10.9 Å². The lowest BCUT2D eigenvalue weighted by molar-refractivity contribution is 0.569. The molecule has 5 rings (SSSR count). The third-order valence-electron chi connectivity index (χ3n) is 5.48. The molecule has 0 bridgehead atoms. The molecule has 0 saturated heterocycles. The Labute approximate surface area is 155 Å². The predicted octanol–water partition coefficient (Wildman–Crippen LogP) is 1.75. The van der Waals surface area contributed by atoms with E-state index in [1.807, 2.05) is 4.68 Å². The highest BCUT2D eigenvalue weighted by Crippen LogP contribution is 2.28. The molecule has 3 heterocycles. The largest absolute Gasteiger partial charge is 0.312 e. The van der Waals surface area contributed by atoms with Crippen molar-refractivity contribution in [1.82, 2.24) is 24.9 Å². The molecule has 0 radical (unpaired) electrons. The number of aromatic nitrogens is 4. The molecular weight excluding hydrogens is 345 g/mol. The van der Waals surface area contributed by atoms with E-state index in [1.165, 1.54) is 22.4 Å². The van der Waals surface area contributed by atoms with Gasteiger partial charge in [0.05, 0.1) is 24.1 Å². The molecule has 0 unspecified atom stereocenters. The summed E-state index contributed by atoms with van der Waals surface area (Å²) < 4.78 is 16.7. The summed E-state index contributed by atoms with van der Waals surface area (Å²) in [6.45, 7) is 1.89. The second kappa shape index (κ2) is 6.42. The Balaban J connectivity index is 1.54. The topological polar surface area (TPSA) is 64.7 Å². The minimum absolute atomic E-state index is 0.0166. The smallest absolute Gasteiger partial charge is 0.270 e. The minimum atomic E-state index is -0.262. The molecule has 3 aromatic rings. The Morgan fingerprint density at radius 2 is 1.96 bits per heavy atom. The maximum Gasteiger partial charge on any atom is 0.270 e. The van der Waals surface area contributed by atoms with Gasteiger partial charge in [-0.2, -0.15) is 10.2 Å². The summed E-state index contributed by atoms with van der Waals surface area (Å²) >= 11 is 0. The molecule has 0 amide bonds. The molecular formula is C20H20FN5O. The van der Waals surface area contributed by atoms with Gasteiger partial charge in [0.15, 0.2) is 0 Å². The summed E-state index contributed by atoms with van der Waals surface area (Å²) in [6, 6.07) is 6.37. The van der Waals surface area contributed by atoms with Crippen molar-refractivity contribution in [3.05, 3.63) is 74.7 Å². The maximum atomic E-state index is 13.3. The van der Waals surface area contributed by atoms with E-state index in [0.29, 0.717) is 13.1 Å². The van der Waals surface area contributed by atoms with Gasteiger partial charge in [0.1, 0.15) is 5.82 Å². The first-order chi connectivity index (χ1) is 13.2. The second-order valence-corrected chi connectivity index (χ2v) is 7.15. The van der Waals surface area contributed by atoms with Crippen LogP contribution in [0.25, 0.3) is 5.69 Å². The lowest BCUT2D eigenvalue weighted by Crippen LogP contribution is -2.34. The maximum absolute atomic E-state index is 13.3. The number of halogens is 1. The molecule has 1 aliphatic carbocycles. The summed E-state index contributed by atoms with van der Waals surface area (Å²) in [6.07, 6.45) is 5.49. The highest BCUT2D eigenvalue weighted by molar-refractivity contribution is 5.40. The van der Waals surface area contributed by atoms with E-state index >= 15 is 0 Å². The number of nitrogens with zero attached hydrogens (tertiary/aromatic N) is 4. The van der Waals surface area contributed by atoms with Crippen molar-refractivity contribution in [1.29, 1.82) is 0 Å². The van der Waals surface area contributed by atoms with Crippen molar-refractivity contribution in [3.63, 3.8) is 0 Å². The molecule has 0 fully saturated rings. The van der Waals surface area contributed by atoms with Crippen LogP contribution in [0.4, 0.5) is 4.39 Å². The van der Waals surface area contributed by atoms with Crippen LogP contribution in [0.15, 0.2) is 35.3 Å². The number of hydrogen-bond acceptors (Lipinski definition) is 4. The van der Waals surface area contributed by atoms with E-state index in [-0.39, 0.29) is 11.4 Å². The highest BCUT2D eigenvalue weighted by atomic mass is 19.1. The zero-order valence-electron chi connectivity index (χ0n) is 14.9. The first-order valence-corrected chi connectivity index (χ1v) is 9.35. The van der Waals surface area contributed by atoms with Gasteiger partial charge in [-0.05, 0) is 67.6 Å². The first kappa shape index (κ1) is 16.4. The van der Waals surface area contributed by atoms with Crippen LogP contribution in [-0.4, -0.2) is 26.1 Å². The molecule has 1 aromatic carbocycles. The number of rotatable bonds is 3. The third kappa shape index (κ3) is 2.78. The van der Waals surface area contributed by atoms with Gasteiger partial charge in [0.25, 0.3) is 5.56 Å². The normalized spacial score (nSPS) is 15.6. The molecule has 6 nitrogen and oxygen atoms in total. The zero-order valence-corrected chi connectivity index (χ0v) is 14.9. The van der Waals surface area contributed by atoms with E-state index in [9.17, 15) is 9.18 Å².